The van der Waals surface area contributed by atoms with Gasteiger partial charge in [-0.15, -0.1) is 0 Å². The van der Waals surface area contributed by atoms with Crippen molar-refractivity contribution in [2.45, 2.75) is 6.18 Å². The van der Waals surface area contributed by atoms with E-state index in [0.29, 0.717) is 6.20 Å². The lowest BCUT2D eigenvalue weighted by atomic mass is 9.92. The van der Waals surface area contributed by atoms with E-state index in [9.17, 15) is 13.2 Å². The molecule has 10 heteroatoms. The van der Waals surface area contributed by atoms with Crippen molar-refractivity contribution in [1.29, 1.82) is 0 Å². The third-order valence-electron chi connectivity index (χ3n) is 3.88. The van der Waals surface area contributed by atoms with Gasteiger partial charge < -0.3 is 0 Å². The highest BCUT2D eigenvalue weighted by Crippen LogP contribution is 2.48. The summed E-state index contributed by atoms with van der Waals surface area (Å²) in [6.45, 7) is 0. The van der Waals surface area contributed by atoms with E-state index in [1.807, 2.05) is 0 Å². The third kappa shape index (κ3) is 3.91. The predicted molar refractivity (Wildman–Crippen MR) is 110 cm³/mol. The number of nitrogens with zero attached hydrogens (tertiary/aromatic N) is 1. The van der Waals surface area contributed by atoms with Crippen LogP contribution in [-0.4, -0.2) is 4.98 Å². The molecule has 0 radical (unpaired) electrons. The zero-order chi connectivity index (χ0) is 20.8. The molecule has 28 heavy (non-hydrogen) atoms. The Labute approximate surface area is 187 Å². The lowest BCUT2D eigenvalue weighted by Crippen LogP contribution is -2.09. The minimum Gasteiger partial charge on any atom is -0.263 e. The van der Waals surface area contributed by atoms with E-state index in [1.165, 1.54) is 30.5 Å². The van der Waals surface area contributed by atoms with Gasteiger partial charge in [-0.25, -0.2) is 0 Å². The average Bonchev–Trinajstić information content (AvgIpc) is 2.63. The second-order valence-corrected chi connectivity index (χ2v) is 7.88. The van der Waals surface area contributed by atoms with Crippen molar-refractivity contribution < 1.29 is 13.2 Å². The van der Waals surface area contributed by atoms with Crippen LogP contribution < -0.4 is 0 Å². The van der Waals surface area contributed by atoms with Crippen molar-refractivity contribution in [1.82, 2.24) is 4.98 Å². The Kier molecular flexibility index (Phi) is 6.31. The molecule has 0 saturated heterocycles. The highest BCUT2D eigenvalue weighted by molar-refractivity contribution is 6.50. The van der Waals surface area contributed by atoms with Gasteiger partial charge in [0.25, 0.3) is 0 Å². The summed E-state index contributed by atoms with van der Waals surface area (Å²) in [5, 5.41) is 0.0361. The van der Waals surface area contributed by atoms with Gasteiger partial charge in [0.05, 0.1) is 35.7 Å². The Hall–Kier alpha value is -0.880. The summed E-state index contributed by atoms with van der Waals surface area (Å²) in [6, 6.07) is 5.57. The van der Waals surface area contributed by atoms with Gasteiger partial charge in [-0.2, -0.15) is 13.2 Å². The number of aromatic nitrogens is 1. The minimum atomic E-state index is -4.73. The average molecular weight is 506 g/mol. The van der Waals surface area contributed by atoms with Crippen LogP contribution in [0.4, 0.5) is 13.2 Å². The molecule has 3 aromatic rings. The van der Waals surface area contributed by atoms with E-state index in [0.717, 1.165) is 0 Å². The first-order valence-electron chi connectivity index (χ1n) is 7.37. The molecule has 0 aliphatic carbocycles. The molecule has 1 heterocycles. The molecule has 0 aliphatic rings. The zero-order valence-corrected chi connectivity index (χ0v) is 17.8. The van der Waals surface area contributed by atoms with Crippen LogP contribution >= 0.6 is 69.6 Å². The van der Waals surface area contributed by atoms with Crippen LogP contribution in [-0.2, 0) is 6.18 Å². The number of hydrogen-bond acceptors (Lipinski definition) is 1. The monoisotopic (exact) mass is 503 g/mol. The first-order chi connectivity index (χ1) is 13.0. The van der Waals surface area contributed by atoms with Crippen LogP contribution in [0.25, 0.3) is 22.3 Å². The lowest BCUT2D eigenvalue weighted by Gasteiger charge is -2.19. The quantitative estimate of drug-likeness (QED) is 0.316. The molecular weight excluding hydrogens is 500 g/mol. The normalized spacial score (nSPS) is 11.8. The fourth-order valence-corrected chi connectivity index (χ4v) is 3.89. The van der Waals surface area contributed by atoms with Crippen LogP contribution in [0.5, 0.6) is 0 Å². The largest absolute Gasteiger partial charge is 0.418 e. The SMILES string of the molecule is FC(F)(F)c1cncc(-c2ccc(Cl)c(Cl)c2Cl)c1-c1ccc(Cl)c(Cl)c1Cl. The van der Waals surface area contributed by atoms with Crippen LogP contribution in [0.1, 0.15) is 5.56 Å². The van der Waals surface area contributed by atoms with E-state index >= 15 is 0 Å². The standard InChI is InChI=1S/C18H6Cl6F3N/c19-11-3-1-7(14(21)16(11)23)9-5-28-6-10(18(25,26)27)13(9)8-2-4-12(20)17(24)15(8)22/h1-6H. The number of benzene rings is 2. The van der Waals surface area contributed by atoms with Crippen LogP contribution in [0, 0.1) is 0 Å². The number of rotatable bonds is 2. The molecular formula is C18H6Cl6F3N. The summed E-state index contributed by atoms with van der Waals surface area (Å²) < 4.78 is 41.3. The molecule has 3 rings (SSSR count). The zero-order valence-electron chi connectivity index (χ0n) is 13.3. The summed E-state index contributed by atoms with van der Waals surface area (Å²) >= 11 is 36.4. The number of alkyl halides is 3. The molecule has 1 aromatic heterocycles. The maximum Gasteiger partial charge on any atom is 0.418 e. The molecule has 0 bridgehead atoms. The van der Waals surface area contributed by atoms with Gasteiger partial charge in [0.1, 0.15) is 0 Å². The van der Waals surface area contributed by atoms with Crippen molar-refractivity contribution in [2.24, 2.45) is 0 Å². The van der Waals surface area contributed by atoms with E-state index in [1.54, 1.807) is 0 Å². The first-order valence-corrected chi connectivity index (χ1v) is 9.63. The summed E-state index contributed by atoms with van der Waals surface area (Å²) in [4.78, 5) is 3.72. The minimum absolute atomic E-state index is 0.00410. The van der Waals surface area contributed by atoms with Crippen molar-refractivity contribution >= 4 is 69.6 Å². The fraction of sp³-hybridized carbons (Fsp3) is 0.0556. The molecule has 0 spiro atoms. The van der Waals surface area contributed by atoms with E-state index in [2.05, 4.69) is 4.98 Å². The fourth-order valence-electron chi connectivity index (χ4n) is 2.62. The predicted octanol–water partition coefficient (Wildman–Crippen LogP) is 9.35. The Morgan fingerprint density at radius 2 is 1.11 bits per heavy atom. The van der Waals surface area contributed by atoms with Gasteiger partial charge in [-0.05, 0) is 12.1 Å². The van der Waals surface area contributed by atoms with Crippen LogP contribution in [0.15, 0.2) is 36.7 Å². The van der Waals surface area contributed by atoms with Crippen molar-refractivity contribution in [2.75, 3.05) is 0 Å². The van der Waals surface area contributed by atoms with Crippen LogP contribution in [0.3, 0.4) is 0 Å². The van der Waals surface area contributed by atoms with E-state index in [-0.39, 0.29) is 52.4 Å². The van der Waals surface area contributed by atoms with Gasteiger partial charge in [0, 0.05) is 34.6 Å². The number of halogens is 9. The second kappa shape index (κ2) is 8.10. The van der Waals surface area contributed by atoms with Crippen LogP contribution in [0.2, 0.25) is 30.1 Å². The number of hydrogen-bond donors (Lipinski definition) is 0. The summed E-state index contributed by atoms with van der Waals surface area (Å²) in [7, 11) is 0. The molecule has 1 nitrogen and oxygen atoms in total. The van der Waals surface area contributed by atoms with Gasteiger partial charge in [0.2, 0.25) is 0 Å². The first kappa shape index (κ1) is 21.8. The smallest absolute Gasteiger partial charge is 0.263 e. The summed E-state index contributed by atoms with van der Waals surface area (Å²) in [6.07, 6.45) is -2.80. The van der Waals surface area contributed by atoms with Gasteiger partial charge >= 0.3 is 6.18 Å². The van der Waals surface area contributed by atoms with Gasteiger partial charge in [-0.1, -0.05) is 81.7 Å². The Morgan fingerprint density at radius 1 is 0.607 bits per heavy atom. The van der Waals surface area contributed by atoms with E-state index in [4.69, 9.17) is 69.6 Å². The number of pyridine rings is 1. The third-order valence-corrected chi connectivity index (χ3v) is 6.47. The molecule has 0 N–H and O–H groups in total. The van der Waals surface area contributed by atoms with Crippen molar-refractivity contribution in [3.63, 3.8) is 0 Å². The highest BCUT2D eigenvalue weighted by atomic mass is 35.5. The van der Waals surface area contributed by atoms with Gasteiger partial charge in [0.15, 0.2) is 0 Å². The van der Waals surface area contributed by atoms with Crippen molar-refractivity contribution in [3.8, 4) is 22.3 Å². The molecule has 0 unspecified atom stereocenters. The Balaban J connectivity index is 2.45. The Bertz CT molecular complexity index is 1080. The topological polar surface area (TPSA) is 12.9 Å². The summed E-state index contributed by atoms with van der Waals surface area (Å²) in [5.74, 6) is 0. The maximum atomic E-state index is 13.8. The van der Waals surface area contributed by atoms with E-state index < -0.39 is 11.7 Å². The van der Waals surface area contributed by atoms with Gasteiger partial charge in [-0.3, -0.25) is 4.98 Å². The molecule has 0 fully saturated rings. The molecule has 146 valence electrons. The molecule has 0 saturated carbocycles. The molecule has 2 aromatic carbocycles. The Morgan fingerprint density at radius 3 is 1.64 bits per heavy atom. The molecule has 0 amide bonds. The summed E-state index contributed by atoms with van der Waals surface area (Å²) in [5.41, 5.74) is -1.01. The lowest BCUT2D eigenvalue weighted by molar-refractivity contribution is -0.137. The molecule has 0 atom stereocenters. The van der Waals surface area contributed by atoms with Crippen molar-refractivity contribution in [3.05, 3.63) is 72.4 Å². The second-order valence-electron chi connectivity index (χ2n) is 5.55. The highest BCUT2D eigenvalue weighted by Gasteiger charge is 2.36. The molecule has 0 aliphatic heterocycles. The maximum absolute atomic E-state index is 13.8.